The van der Waals surface area contributed by atoms with Gasteiger partial charge >= 0.3 is 0 Å². The Morgan fingerprint density at radius 3 is 2.82 bits per heavy atom. The number of rotatable bonds is 3. The second-order valence-corrected chi connectivity index (χ2v) is 9.39. The van der Waals surface area contributed by atoms with E-state index in [9.17, 15) is 13.9 Å². The maximum absolute atomic E-state index is 14.3. The van der Waals surface area contributed by atoms with E-state index in [1.54, 1.807) is 16.9 Å². The number of phenols is 1. The van der Waals surface area contributed by atoms with E-state index in [-0.39, 0.29) is 24.3 Å². The van der Waals surface area contributed by atoms with Crippen LogP contribution >= 0.6 is 0 Å². The van der Waals surface area contributed by atoms with Crippen LogP contribution in [-0.2, 0) is 6.42 Å². The Balaban J connectivity index is 1.30. The Hall–Kier alpha value is -3.07. The van der Waals surface area contributed by atoms with Gasteiger partial charge in [-0.05, 0) is 61.9 Å². The number of alkyl halides is 2. The van der Waals surface area contributed by atoms with Crippen LogP contribution in [0.1, 0.15) is 37.7 Å². The number of aryl methyl sites for hydroxylation is 1. The van der Waals surface area contributed by atoms with Crippen LogP contribution in [0.4, 0.5) is 14.6 Å². The molecule has 3 atom stereocenters. The second kappa shape index (κ2) is 7.76. The number of nitrogens with zero attached hydrogens (tertiary/aromatic N) is 5. The summed E-state index contributed by atoms with van der Waals surface area (Å²) < 4.78 is 30.2. The molecule has 0 unspecified atom stereocenters. The van der Waals surface area contributed by atoms with E-state index in [1.165, 1.54) is 0 Å². The highest BCUT2D eigenvalue weighted by atomic mass is 19.3. The highest BCUT2D eigenvalue weighted by molar-refractivity contribution is 5.70. The lowest BCUT2D eigenvalue weighted by molar-refractivity contribution is -0.0129. The van der Waals surface area contributed by atoms with E-state index in [0.717, 1.165) is 42.9 Å². The molecular weight excluding hydrogens is 426 g/mol. The molecule has 5 heterocycles. The first-order valence-corrected chi connectivity index (χ1v) is 11.6. The maximum atomic E-state index is 14.3. The number of nitrogens with one attached hydrogen (secondary N) is 1. The van der Waals surface area contributed by atoms with Gasteiger partial charge in [0.2, 0.25) is 0 Å². The Morgan fingerprint density at radius 2 is 2.03 bits per heavy atom. The van der Waals surface area contributed by atoms with Gasteiger partial charge in [-0.15, -0.1) is 10.2 Å². The zero-order valence-electron chi connectivity index (χ0n) is 18.2. The second-order valence-electron chi connectivity index (χ2n) is 9.39. The predicted octanol–water partition coefficient (Wildman–Crippen LogP) is 3.71. The molecule has 3 aromatic rings. The van der Waals surface area contributed by atoms with Gasteiger partial charge < -0.3 is 15.3 Å². The summed E-state index contributed by atoms with van der Waals surface area (Å²) in [5.41, 5.74) is 3.03. The molecule has 0 saturated carbocycles. The number of fused-ring (bicyclic) bond motifs is 3. The summed E-state index contributed by atoms with van der Waals surface area (Å²) in [6, 6.07) is 8.31. The van der Waals surface area contributed by atoms with Gasteiger partial charge in [-0.3, -0.25) is 0 Å². The number of phenolic OH excluding ortho intramolecular Hbond substituents is 1. The van der Waals surface area contributed by atoms with Crippen LogP contribution in [0.2, 0.25) is 0 Å². The van der Waals surface area contributed by atoms with E-state index in [1.807, 2.05) is 30.5 Å². The first-order valence-electron chi connectivity index (χ1n) is 11.6. The van der Waals surface area contributed by atoms with Crippen molar-refractivity contribution >= 4 is 5.82 Å². The fraction of sp³-hybridized carbons (Fsp3) is 0.458. The smallest absolute Gasteiger partial charge is 0.264 e. The van der Waals surface area contributed by atoms with Crippen molar-refractivity contribution in [2.75, 3.05) is 11.4 Å². The molecule has 2 aromatic heterocycles. The van der Waals surface area contributed by atoms with Crippen molar-refractivity contribution in [3.8, 4) is 22.7 Å². The first kappa shape index (κ1) is 20.5. The number of aromatic hydroxyl groups is 1. The van der Waals surface area contributed by atoms with Gasteiger partial charge in [-0.25, -0.2) is 13.5 Å². The van der Waals surface area contributed by atoms with Crippen molar-refractivity contribution in [3.05, 3.63) is 48.3 Å². The normalized spacial score (nSPS) is 26.1. The fourth-order valence-electron chi connectivity index (χ4n) is 5.62. The fourth-order valence-corrected chi connectivity index (χ4v) is 5.62. The molecule has 0 aliphatic carbocycles. The molecule has 0 spiro atoms. The maximum Gasteiger partial charge on any atom is 0.264 e. The average molecular weight is 453 g/mol. The summed E-state index contributed by atoms with van der Waals surface area (Å²) in [6.07, 6.45) is 7.39. The van der Waals surface area contributed by atoms with Crippen LogP contribution in [-0.4, -0.2) is 55.7 Å². The largest absolute Gasteiger partial charge is 0.507 e. The highest BCUT2D eigenvalue weighted by Crippen LogP contribution is 2.42. The first-order chi connectivity index (χ1) is 16.0. The number of benzene rings is 1. The van der Waals surface area contributed by atoms with E-state index in [0.29, 0.717) is 24.1 Å². The van der Waals surface area contributed by atoms with Crippen LogP contribution in [0.3, 0.4) is 0 Å². The van der Waals surface area contributed by atoms with Gasteiger partial charge in [-0.1, -0.05) is 0 Å². The third-order valence-corrected chi connectivity index (χ3v) is 7.21. The van der Waals surface area contributed by atoms with Crippen LogP contribution in [0.25, 0.3) is 16.9 Å². The minimum Gasteiger partial charge on any atom is -0.507 e. The van der Waals surface area contributed by atoms with Gasteiger partial charge in [0.1, 0.15) is 5.75 Å². The van der Waals surface area contributed by atoms with Gasteiger partial charge in [0.15, 0.2) is 5.82 Å². The average Bonchev–Trinajstić information content (AvgIpc) is 3.33. The summed E-state index contributed by atoms with van der Waals surface area (Å²) in [4.78, 5) is 2.21. The summed E-state index contributed by atoms with van der Waals surface area (Å²) >= 11 is 0. The molecule has 7 nitrogen and oxygen atoms in total. The molecule has 0 amide bonds. The summed E-state index contributed by atoms with van der Waals surface area (Å²) in [7, 11) is 0. The van der Waals surface area contributed by atoms with Gasteiger partial charge in [0.05, 0.1) is 17.4 Å². The third-order valence-electron chi connectivity index (χ3n) is 7.21. The van der Waals surface area contributed by atoms with Crippen molar-refractivity contribution in [1.82, 2.24) is 25.3 Å². The lowest BCUT2D eigenvalue weighted by atomic mass is 9.97. The quantitative estimate of drug-likeness (QED) is 0.631. The Labute approximate surface area is 190 Å². The van der Waals surface area contributed by atoms with Crippen LogP contribution in [0.5, 0.6) is 5.75 Å². The van der Waals surface area contributed by atoms with Crippen molar-refractivity contribution in [1.29, 1.82) is 0 Å². The number of halogens is 2. The lowest BCUT2D eigenvalue weighted by Gasteiger charge is -2.38. The molecule has 3 aliphatic rings. The third kappa shape index (κ3) is 3.64. The van der Waals surface area contributed by atoms with Crippen LogP contribution in [0.15, 0.2) is 42.7 Å². The molecule has 2 fully saturated rings. The van der Waals surface area contributed by atoms with Gasteiger partial charge in [0.25, 0.3) is 5.92 Å². The summed E-state index contributed by atoms with van der Waals surface area (Å²) in [6.45, 7) is 0.806. The SMILES string of the molecule is Oc1cc(-n2cccn2)ccc1-c1cc2c(nn1)N([C@@H]1C[C@H]3CC(F)(F)[C@@H](C1)N3)CCCC2. The summed E-state index contributed by atoms with van der Waals surface area (Å²) in [5, 5.41) is 27.0. The molecular formula is C24H26F2N6O. The van der Waals surface area contributed by atoms with E-state index < -0.39 is 12.0 Å². The number of hydrogen-bond donors (Lipinski definition) is 2. The van der Waals surface area contributed by atoms with E-state index in [2.05, 4.69) is 25.5 Å². The monoisotopic (exact) mass is 452 g/mol. The van der Waals surface area contributed by atoms with Crippen molar-refractivity contribution in [2.45, 2.75) is 62.6 Å². The number of hydrogen-bond acceptors (Lipinski definition) is 6. The van der Waals surface area contributed by atoms with Crippen LogP contribution < -0.4 is 10.2 Å². The topological polar surface area (TPSA) is 79.1 Å². The molecule has 9 heteroatoms. The van der Waals surface area contributed by atoms with Gasteiger partial charge in [0, 0.05) is 49.1 Å². The van der Waals surface area contributed by atoms with Gasteiger partial charge in [-0.2, -0.15) is 5.10 Å². The standard InChI is InChI=1S/C24H26F2N6O/c25-24(26)14-16-11-18(13-22(24)28-16)31-8-2-1-4-15-10-20(29-30-23(15)31)19-6-5-17(12-21(19)33)32-9-3-7-27-32/h3,5-7,9-10,12,16,18,22,28,33H,1-2,4,8,11,13-14H2/t16-,18+,22+/m0/s1. The Morgan fingerprint density at radius 1 is 1.12 bits per heavy atom. The molecule has 0 radical (unpaired) electrons. The molecule has 1 aromatic carbocycles. The molecule has 2 bridgehead atoms. The molecule has 172 valence electrons. The number of anilines is 1. The molecule has 2 N–H and O–H groups in total. The molecule has 2 saturated heterocycles. The van der Waals surface area contributed by atoms with E-state index in [4.69, 9.17) is 0 Å². The van der Waals surface area contributed by atoms with Crippen molar-refractivity contribution in [2.24, 2.45) is 0 Å². The zero-order valence-corrected chi connectivity index (χ0v) is 18.2. The molecule has 3 aliphatic heterocycles. The minimum absolute atomic E-state index is 0.0355. The Kier molecular flexibility index (Phi) is 4.83. The Bertz CT molecular complexity index is 1170. The predicted molar refractivity (Wildman–Crippen MR) is 120 cm³/mol. The van der Waals surface area contributed by atoms with Crippen molar-refractivity contribution < 1.29 is 13.9 Å². The zero-order chi connectivity index (χ0) is 22.6. The van der Waals surface area contributed by atoms with Crippen LogP contribution in [0, 0.1) is 0 Å². The van der Waals surface area contributed by atoms with Crippen molar-refractivity contribution in [3.63, 3.8) is 0 Å². The molecule has 33 heavy (non-hydrogen) atoms. The summed E-state index contributed by atoms with van der Waals surface area (Å²) in [5.74, 6) is -1.72. The van der Waals surface area contributed by atoms with E-state index >= 15 is 0 Å². The lowest BCUT2D eigenvalue weighted by Crippen LogP contribution is -2.51. The number of piperidine rings is 1. The number of aromatic nitrogens is 4. The molecule has 6 rings (SSSR count). The minimum atomic E-state index is -2.64. The highest BCUT2D eigenvalue weighted by Gasteiger charge is 2.53.